The van der Waals surface area contributed by atoms with Gasteiger partial charge in [-0.1, -0.05) is 36.8 Å². The number of sulfonamides is 1. The molecule has 4 rings (SSSR count). The molecule has 2 saturated carbocycles. The Balaban J connectivity index is 1.54. The lowest BCUT2D eigenvalue weighted by molar-refractivity contribution is 0.0924. The molecule has 2 aliphatic carbocycles. The maximum absolute atomic E-state index is 12.8. The van der Waals surface area contributed by atoms with E-state index < -0.39 is 10.0 Å². The highest BCUT2D eigenvalue weighted by Crippen LogP contribution is 2.44. The molecule has 0 radical (unpaired) electrons. The number of para-hydroxylation sites is 1. The van der Waals surface area contributed by atoms with E-state index in [4.69, 9.17) is 0 Å². The SMILES string of the molecule is O=C(N[C@H]1C[C@H]2CC[C@H]1C2)c1ccccc1NS(=O)(=O)c1ccccc1. The van der Waals surface area contributed by atoms with Crippen LogP contribution in [0.2, 0.25) is 0 Å². The van der Waals surface area contributed by atoms with Gasteiger partial charge >= 0.3 is 0 Å². The summed E-state index contributed by atoms with van der Waals surface area (Å²) in [6.45, 7) is 0. The van der Waals surface area contributed by atoms with Crippen molar-refractivity contribution in [2.45, 2.75) is 36.6 Å². The predicted octanol–water partition coefficient (Wildman–Crippen LogP) is 3.41. The highest BCUT2D eigenvalue weighted by Gasteiger charge is 2.40. The Bertz CT molecular complexity index is 912. The molecule has 2 aliphatic rings. The third-order valence-corrected chi connectivity index (χ3v) is 6.91. The molecular weight excluding hydrogens is 348 g/mol. The van der Waals surface area contributed by atoms with Gasteiger partial charge in [0, 0.05) is 6.04 Å². The van der Waals surface area contributed by atoms with Gasteiger partial charge in [0.2, 0.25) is 0 Å². The van der Waals surface area contributed by atoms with Crippen LogP contribution in [0.3, 0.4) is 0 Å². The molecule has 0 saturated heterocycles. The Kier molecular flexibility index (Phi) is 4.44. The van der Waals surface area contributed by atoms with Crippen LogP contribution in [-0.2, 0) is 10.0 Å². The highest BCUT2D eigenvalue weighted by molar-refractivity contribution is 7.92. The van der Waals surface area contributed by atoms with Gasteiger partial charge < -0.3 is 5.32 Å². The number of carbonyl (C=O) groups is 1. The summed E-state index contributed by atoms with van der Waals surface area (Å²) in [6, 6.07) is 15.1. The summed E-state index contributed by atoms with van der Waals surface area (Å²) < 4.78 is 27.7. The van der Waals surface area contributed by atoms with Crippen molar-refractivity contribution in [3.63, 3.8) is 0 Å². The Hall–Kier alpha value is -2.34. The van der Waals surface area contributed by atoms with Crippen LogP contribution in [0.4, 0.5) is 5.69 Å². The van der Waals surface area contributed by atoms with Crippen molar-refractivity contribution in [1.82, 2.24) is 5.32 Å². The number of amides is 1. The van der Waals surface area contributed by atoms with Gasteiger partial charge in [-0.3, -0.25) is 9.52 Å². The average Bonchev–Trinajstić information content (AvgIpc) is 3.25. The van der Waals surface area contributed by atoms with E-state index in [9.17, 15) is 13.2 Å². The van der Waals surface area contributed by atoms with E-state index in [1.165, 1.54) is 31.4 Å². The number of anilines is 1. The number of benzene rings is 2. The predicted molar refractivity (Wildman–Crippen MR) is 100 cm³/mol. The summed E-state index contributed by atoms with van der Waals surface area (Å²) in [7, 11) is -3.73. The first-order valence-electron chi connectivity index (χ1n) is 9.01. The number of nitrogens with one attached hydrogen (secondary N) is 2. The van der Waals surface area contributed by atoms with Gasteiger partial charge in [-0.2, -0.15) is 0 Å². The quantitative estimate of drug-likeness (QED) is 0.847. The molecule has 1 amide bonds. The average molecular weight is 370 g/mol. The second-order valence-electron chi connectivity index (χ2n) is 7.22. The maximum atomic E-state index is 12.8. The zero-order chi connectivity index (χ0) is 18.1. The molecule has 6 heteroatoms. The zero-order valence-electron chi connectivity index (χ0n) is 14.4. The lowest BCUT2D eigenvalue weighted by Gasteiger charge is -2.23. The number of hydrogen-bond acceptors (Lipinski definition) is 3. The number of fused-ring (bicyclic) bond motifs is 2. The molecule has 2 fully saturated rings. The van der Waals surface area contributed by atoms with Gasteiger partial charge in [0.1, 0.15) is 0 Å². The Morgan fingerprint density at radius 2 is 1.65 bits per heavy atom. The molecule has 3 atom stereocenters. The van der Waals surface area contributed by atoms with E-state index in [0.717, 1.165) is 12.3 Å². The molecule has 136 valence electrons. The fourth-order valence-electron chi connectivity index (χ4n) is 4.24. The van der Waals surface area contributed by atoms with Crippen molar-refractivity contribution in [2.75, 3.05) is 4.72 Å². The second-order valence-corrected chi connectivity index (χ2v) is 8.90. The van der Waals surface area contributed by atoms with E-state index in [1.54, 1.807) is 42.5 Å². The molecule has 0 heterocycles. The monoisotopic (exact) mass is 370 g/mol. The van der Waals surface area contributed by atoms with E-state index in [0.29, 0.717) is 17.2 Å². The Morgan fingerprint density at radius 3 is 2.35 bits per heavy atom. The third kappa shape index (κ3) is 3.33. The van der Waals surface area contributed by atoms with Crippen molar-refractivity contribution in [1.29, 1.82) is 0 Å². The van der Waals surface area contributed by atoms with Crippen molar-refractivity contribution in [2.24, 2.45) is 11.8 Å². The molecule has 0 unspecified atom stereocenters. The van der Waals surface area contributed by atoms with Crippen LogP contribution >= 0.6 is 0 Å². The second kappa shape index (κ2) is 6.76. The molecule has 2 aromatic carbocycles. The normalized spacial score (nSPS) is 24.4. The van der Waals surface area contributed by atoms with Gasteiger partial charge in [0.05, 0.1) is 16.1 Å². The van der Waals surface area contributed by atoms with Crippen LogP contribution in [0.25, 0.3) is 0 Å². The Morgan fingerprint density at radius 1 is 0.923 bits per heavy atom. The minimum absolute atomic E-state index is 0.170. The Labute approximate surface area is 153 Å². The van der Waals surface area contributed by atoms with Gasteiger partial charge in [0.25, 0.3) is 15.9 Å². The molecule has 26 heavy (non-hydrogen) atoms. The van der Waals surface area contributed by atoms with Crippen LogP contribution < -0.4 is 10.0 Å². The van der Waals surface area contributed by atoms with Gasteiger partial charge in [-0.15, -0.1) is 0 Å². The standard InChI is InChI=1S/C20H22N2O3S/c23-20(21-19-13-14-10-11-15(19)12-14)17-8-4-5-9-18(17)22-26(24,25)16-6-2-1-3-7-16/h1-9,14-15,19,22H,10-13H2,(H,21,23)/t14-,15-,19-/m0/s1. The smallest absolute Gasteiger partial charge is 0.261 e. The van der Waals surface area contributed by atoms with E-state index >= 15 is 0 Å². The molecule has 0 aliphatic heterocycles. The van der Waals surface area contributed by atoms with Crippen molar-refractivity contribution in [3.8, 4) is 0 Å². The number of hydrogen-bond donors (Lipinski definition) is 2. The summed E-state index contributed by atoms with van der Waals surface area (Å²) in [5.41, 5.74) is 0.659. The van der Waals surface area contributed by atoms with Gasteiger partial charge in [-0.25, -0.2) is 8.42 Å². The molecule has 0 aromatic heterocycles. The first-order valence-corrected chi connectivity index (χ1v) is 10.5. The van der Waals surface area contributed by atoms with E-state index in [2.05, 4.69) is 10.0 Å². The zero-order valence-corrected chi connectivity index (χ0v) is 15.2. The van der Waals surface area contributed by atoms with E-state index in [-0.39, 0.29) is 16.8 Å². The molecule has 2 bridgehead atoms. The van der Waals surface area contributed by atoms with Crippen LogP contribution in [-0.4, -0.2) is 20.4 Å². The van der Waals surface area contributed by atoms with Gasteiger partial charge in [0.15, 0.2) is 0 Å². The summed E-state index contributed by atoms with van der Waals surface area (Å²) >= 11 is 0. The van der Waals surface area contributed by atoms with Crippen LogP contribution in [0.15, 0.2) is 59.5 Å². The summed E-state index contributed by atoms with van der Waals surface area (Å²) in [5.74, 6) is 1.09. The third-order valence-electron chi connectivity index (χ3n) is 5.52. The molecule has 0 spiro atoms. The van der Waals surface area contributed by atoms with Crippen molar-refractivity contribution >= 4 is 21.6 Å². The number of carbonyl (C=O) groups excluding carboxylic acids is 1. The van der Waals surface area contributed by atoms with Gasteiger partial charge in [-0.05, 0) is 55.4 Å². The van der Waals surface area contributed by atoms with Crippen molar-refractivity contribution in [3.05, 3.63) is 60.2 Å². The van der Waals surface area contributed by atoms with E-state index in [1.807, 2.05) is 0 Å². The molecule has 2 aromatic rings. The molecular formula is C20H22N2O3S. The summed E-state index contributed by atoms with van der Waals surface area (Å²) in [5, 5.41) is 3.12. The van der Waals surface area contributed by atoms with Crippen LogP contribution in [0.5, 0.6) is 0 Å². The van der Waals surface area contributed by atoms with Crippen molar-refractivity contribution < 1.29 is 13.2 Å². The first-order chi connectivity index (χ1) is 12.5. The first kappa shape index (κ1) is 17.1. The minimum atomic E-state index is -3.73. The lowest BCUT2D eigenvalue weighted by atomic mass is 9.95. The summed E-state index contributed by atoms with van der Waals surface area (Å²) in [6.07, 6.45) is 4.68. The van der Waals surface area contributed by atoms with Crippen LogP contribution in [0, 0.1) is 11.8 Å². The van der Waals surface area contributed by atoms with Crippen LogP contribution in [0.1, 0.15) is 36.0 Å². The fourth-order valence-corrected chi connectivity index (χ4v) is 5.34. The maximum Gasteiger partial charge on any atom is 0.261 e. The summed E-state index contributed by atoms with van der Waals surface area (Å²) in [4.78, 5) is 12.9. The highest BCUT2D eigenvalue weighted by atomic mass is 32.2. The number of rotatable bonds is 5. The topological polar surface area (TPSA) is 75.3 Å². The lowest BCUT2D eigenvalue weighted by Crippen LogP contribution is -2.38. The molecule has 2 N–H and O–H groups in total. The minimum Gasteiger partial charge on any atom is -0.349 e. The molecule has 5 nitrogen and oxygen atoms in total. The largest absolute Gasteiger partial charge is 0.349 e. The fraction of sp³-hybridized carbons (Fsp3) is 0.350.